The summed E-state index contributed by atoms with van der Waals surface area (Å²) in [5.41, 5.74) is 0.979. The molecule has 28 heavy (non-hydrogen) atoms. The van der Waals surface area contributed by atoms with Crippen LogP contribution >= 0.6 is 0 Å². The lowest BCUT2D eigenvalue weighted by molar-refractivity contribution is 0.0716. The van der Waals surface area contributed by atoms with E-state index in [2.05, 4.69) is 6.92 Å². The molecule has 0 fully saturated rings. The molecule has 146 valence electrons. The number of nitrogens with zero attached hydrogens (tertiary/aromatic N) is 1. The Morgan fingerprint density at radius 2 is 1.82 bits per heavy atom. The number of hydrogen-bond donors (Lipinski definition) is 0. The fourth-order valence-electron chi connectivity index (χ4n) is 2.83. The zero-order valence-electron chi connectivity index (χ0n) is 15.9. The molecule has 0 aliphatic rings. The van der Waals surface area contributed by atoms with Crippen molar-refractivity contribution in [1.29, 1.82) is 0 Å². The molecule has 1 heterocycles. The zero-order chi connectivity index (χ0) is 19.8. The first-order chi connectivity index (χ1) is 13.7. The molecule has 0 aliphatic carbocycles. The van der Waals surface area contributed by atoms with Crippen molar-refractivity contribution in [2.75, 3.05) is 6.61 Å². The molecule has 0 spiro atoms. The summed E-state index contributed by atoms with van der Waals surface area (Å²) in [7, 11) is 0. The van der Waals surface area contributed by atoms with E-state index in [0.717, 1.165) is 18.6 Å². The van der Waals surface area contributed by atoms with Crippen LogP contribution < -0.4 is 4.74 Å². The van der Waals surface area contributed by atoms with Crippen LogP contribution in [0.2, 0.25) is 0 Å². The molecule has 0 bridgehead atoms. The number of amides is 1. The second-order valence-electron chi connectivity index (χ2n) is 6.56. The summed E-state index contributed by atoms with van der Waals surface area (Å²) in [5, 5.41) is 0. The molecule has 0 aliphatic heterocycles. The molecule has 5 heteroatoms. The van der Waals surface area contributed by atoms with Crippen LogP contribution in [0.3, 0.4) is 0 Å². The average Bonchev–Trinajstić information content (AvgIpc) is 3.22. The fourth-order valence-corrected chi connectivity index (χ4v) is 2.83. The smallest absolute Gasteiger partial charge is 0.254 e. The molecule has 2 aromatic carbocycles. The van der Waals surface area contributed by atoms with Crippen LogP contribution in [0.15, 0.2) is 71.3 Å². The van der Waals surface area contributed by atoms with Gasteiger partial charge in [-0.05, 0) is 48.9 Å². The van der Waals surface area contributed by atoms with Gasteiger partial charge < -0.3 is 14.1 Å². The second-order valence-corrected chi connectivity index (χ2v) is 6.56. The lowest BCUT2D eigenvalue weighted by atomic mass is 10.1. The number of rotatable bonds is 9. The van der Waals surface area contributed by atoms with E-state index in [4.69, 9.17) is 9.15 Å². The summed E-state index contributed by atoms with van der Waals surface area (Å²) in [6.45, 7) is 3.17. The van der Waals surface area contributed by atoms with Gasteiger partial charge >= 0.3 is 0 Å². The molecule has 0 radical (unpaired) electrons. The molecular formula is C23H24FNO3. The number of benzene rings is 2. The Labute approximate surface area is 164 Å². The van der Waals surface area contributed by atoms with Gasteiger partial charge in [0.25, 0.3) is 5.91 Å². The number of furan rings is 1. The molecule has 3 rings (SSSR count). The third-order valence-electron chi connectivity index (χ3n) is 4.40. The van der Waals surface area contributed by atoms with Gasteiger partial charge in [-0.2, -0.15) is 0 Å². The zero-order valence-corrected chi connectivity index (χ0v) is 15.9. The molecule has 3 aromatic rings. The molecule has 0 unspecified atom stereocenters. The highest BCUT2D eigenvalue weighted by Crippen LogP contribution is 2.19. The Morgan fingerprint density at radius 3 is 2.50 bits per heavy atom. The first kappa shape index (κ1) is 19.7. The second kappa shape index (κ2) is 9.74. The van der Waals surface area contributed by atoms with Gasteiger partial charge in [0.05, 0.1) is 19.4 Å². The van der Waals surface area contributed by atoms with Crippen molar-refractivity contribution in [3.63, 3.8) is 0 Å². The third-order valence-corrected chi connectivity index (χ3v) is 4.40. The first-order valence-corrected chi connectivity index (χ1v) is 9.45. The highest BCUT2D eigenvalue weighted by atomic mass is 19.1. The molecule has 0 N–H and O–H groups in total. The van der Waals surface area contributed by atoms with Crippen LogP contribution in [-0.2, 0) is 13.1 Å². The lowest BCUT2D eigenvalue weighted by Gasteiger charge is -2.22. The standard InChI is InChI=1S/C23H24FNO3/c1-2-3-14-27-20-12-10-18(11-13-20)23(26)25(17-21-8-6-15-28-21)16-19-7-4-5-9-22(19)24/h4-13,15H,2-3,14,16-17H2,1H3. The van der Waals surface area contributed by atoms with Crippen molar-refractivity contribution in [3.8, 4) is 5.75 Å². The summed E-state index contributed by atoms with van der Waals surface area (Å²) >= 11 is 0. The van der Waals surface area contributed by atoms with Crippen LogP contribution in [0.5, 0.6) is 5.75 Å². The summed E-state index contributed by atoms with van der Waals surface area (Å²) in [5.74, 6) is 0.847. The van der Waals surface area contributed by atoms with Gasteiger partial charge in [0.1, 0.15) is 17.3 Å². The fraction of sp³-hybridized carbons (Fsp3) is 0.261. The van der Waals surface area contributed by atoms with Gasteiger partial charge in [0.15, 0.2) is 0 Å². The van der Waals surface area contributed by atoms with Gasteiger partial charge in [0, 0.05) is 17.7 Å². The maximum absolute atomic E-state index is 14.1. The van der Waals surface area contributed by atoms with Crippen molar-refractivity contribution in [2.45, 2.75) is 32.9 Å². The van der Waals surface area contributed by atoms with E-state index >= 15 is 0 Å². The van der Waals surface area contributed by atoms with E-state index in [9.17, 15) is 9.18 Å². The summed E-state index contributed by atoms with van der Waals surface area (Å²) < 4.78 is 25.2. The SMILES string of the molecule is CCCCOc1ccc(C(=O)N(Cc2ccco2)Cc2ccccc2F)cc1. The molecule has 1 aromatic heterocycles. The quantitative estimate of drug-likeness (QED) is 0.464. The Bertz CT molecular complexity index is 875. The molecule has 1 amide bonds. The molecule has 0 saturated heterocycles. The van der Waals surface area contributed by atoms with Crippen molar-refractivity contribution in [2.24, 2.45) is 0 Å². The highest BCUT2D eigenvalue weighted by molar-refractivity contribution is 5.94. The Hall–Kier alpha value is -3.08. The Kier molecular flexibility index (Phi) is 6.84. The van der Waals surface area contributed by atoms with Crippen molar-refractivity contribution >= 4 is 5.91 Å². The topological polar surface area (TPSA) is 42.7 Å². The maximum Gasteiger partial charge on any atom is 0.254 e. The van der Waals surface area contributed by atoms with Gasteiger partial charge in [-0.25, -0.2) is 4.39 Å². The summed E-state index contributed by atoms with van der Waals surface area (Å²) in [4.78, 5) is 14.7. The van der Waals surface area contributed by atoms with Gasteiger partial charge in [-0.1, -0.05) is 31.5 Å². The molecule has 0 atom stereocenters. The predicted octanol–water partition coefficient (Wildman–Crippen LogP) is 5.44. The highest BCUT2D eigenvalue weighted by Gasteiger charge is 2.19. The largest absolute Gasteiger partial charge is 0.494 e. The maximum atomic E-state index is 14.1. The van der Waals surface area contributed by atoms with E-state index < -0.39 is 0 Å². The van der Waals surface area contributed by atoms with E-state index in [1.807, 2.05) is 0 Å². The number of unbranched alkanes of at least 4 members (excludes halogenated alkanes) is 1. The number of carbonyl (C=O) groups is 1. The minimum Gasteiger partial charge on any atom is -0.494 e. The number of hydrogen-bond acceptors (Lipinski definition) is 3. The van der Waals surface area contributed by atoms with Crippen LogP contribution in [0.4, 0.5) is 4.39 Å². The Morgan fingerprint density at radius 1 is 1.04 bits per heavy atom. The molecular weight excluding hydrogens is 357 g/mol. The van der Waals surface area contributed by atoms with E-state index in [0.29, 0.717) is 23.5 Å². The van der Waals surface area contributed by atoms with Crippen molar-refractivity contribution in [3.05, 3.63) is 89.6 Å². The van der Waals surface area contributed by atoms with E-state index in [-0.39, 0.29) is 24.8 Å². The number of ether oxygens (including phenoxy) is 1. The lowest BCUT2D eigenvalue weighted by Crippen LogP contribution is -2.30. The summed E-state index contributed by atoms with van der Waals surface area (Å²) in [6.07, 6.45) is 3.61. The monoisotopic (exact) mass is 381 g/mol. The van der Waals surface area contributed by atoms with Crippen LogP contribution in [0.25, 0.3) is 0 Å². The number of carbonyl (C=O) groups excluding carboxylic acids is 1. The Balaban J connectivity index is 1.76. The minimum absolute atomic E-state index is 0.154. The predicted molar refractivity (Wildman–Crippen MR) is 106 cm³/mol. The van der Waals surface area contributed by atoms with E-state index in [1.165, 1.54) is 6.07 Å². The molecule has 4 nitrogen and oxygen atoms in total. The van der Waals surface area contributed by atoms with Gasteiger partial charge in [-0.3, -0.25) is 4.79 Å². The van der Waals surface area contributed by atoms with Crippen molar-refractivity contribution < 1.29 is 18.3 Å². The van der Waals surface area contributed by atoms with Crippen LogP contribution in [0.1, 0.15) is 41.4 Å². The molecule has 0 saturated carbocycles. The first-order valence-electron chi connectivity index (χ1n) is 9.45. The number of halogens is 1. The van der Waals surface area contributed by atoms with Gasteiger partial charge in [0.2, 0.25) is 0 Å². The minimum atomic E-state index is -0.334. The summed E-state index contributed by atoms with van der Waals surface area (Å²) in [6, 6.07) is 17.1. The van der Waals surface area contributed by atoms with E-state index in [1.54, 1.807) is 65.8 Å². The van der Waals surface area contributed by atoms with Crippen LogP contribution in [-0.4, -0.2) is 17.4 Å². The van der Waals surface area contributed by atoms with Crippen LogP contribution in [0, 0.1) is 5.82 Å². The van der Waals surface area contributed by atoms with Crippen molar-refractivity contribution in [1.82, 2.24) is 4.90 Å². The third kappa shape index (κ3) is 5.22. The normalized spacial score (nSPS) is 10.6. The van der Waals surface area contributed by atoms with Gasteiger partial charge in [-0.15, -0.1) is 0 Å². The average molecular weight is 381 g/mol.